The average molecular weight is 149 g/mol. The summed E-state index contributed by atoms with van der Waals surface area (Å²) in [5.74, 6) is -0.582. The first kappa shape index (κ1) is 7.40. The number of nitrogens with zero attached hydrogens (tertiary/aromatic N) is 2. The van der Waals surface area contributed by atoms with E-state index in [9.17, 15) is 4.79 Å². The minimum atomic E-state index is -0.582. The van der Waals surface area contributed by atoms with Gasteiger partial charge >= 0.3 is 0 Å². The predicted molar refractivity (Wildman–Crippen MR) is 40.6 cm³/mol. The van der Waals surface area contributed by atoms with Gasteiger partial charge < -0.3 is 5.73 Å². The number of amides is 1. The van der Waals surface area contributed by atoms with Crippen molar-refractivity contribution in [3.63, 3.8) is 0 Å². The van der Waals surface area contributed by atoms with Crippen LogP contribution in [0, 0.1) is 0 Å². The van der Waals surface area contributed by atoms with Crippen LogP contribution in [0.4, 0.5) is 0 Å². The Bertz CT molecular complexity index is 295. The Hall–Kier alpha value is -1.71. The van der Waals surface area contributed by atoms with Crippen molar-refractivity contribution in [2.45, 2.75) is 0 Å². The van der Waals surface area contributed by atoms with Crippen LogP contribution in [0.5, 0.6) is 0 Å². The predicted octanol–water partition coefficient (Wildman–Crippen LogP) is 0.219. The molecule has 0 saturated carbocycles. The molecule has 1 heterocycles. The summed E-state index contributed by atoms with van der Waals surface area (Å²) in [6.07, 6.45) is 4.31. The van der Waals surface area contributed by atoms with Crippen molar-refractivity contribution in [1.29, 1.82) is 0 Å². The fraction of sp³-hybridized carbons (Fsp3) is 0. The van der Waals surface area contributed by atoms with Crippen LogP contribution in [0.1, 0.15) is 16.2 Å². The second-order valence-electron chi connectivity index (χ2n) is 1.90. The summed E-state index contributed by atoms with van der Waals surface area (Å²) in [6, 6.07) is 0. The zero-order valence-electron chi connectivity index (χ0n) is 5.82. The SMILES string of the molecule is C=Cc1cncc(C(N)=O)n1. The smallest absolute Gasteiger partial charge is 0.268 e. The van der Waals surface area contributed by atoms with E-state index in [1.54, 1.807) is 0 Å². The first-order valence-corrected chi connectivity index (χ1v) is 2.98. The van der Waals surface area contributed by atoms with Crippen molar-refractivity contribution >= 4 is 12.0 Å². The molecular weight excluding hydrogens is 142 g/mol. The van der Waals surface area contributed by atoms with E-state index in [0.29, 0.717) is 5.69 Å². The van der Waals surface area contributed by atoms with Crippen molar-refractivity contribution in [3.05, 3.63) is 30.4 Å². The molecule has 0 bridgehead atoms. The van der Waals surface area contributed by atoms with Crippen LogP contribution < -0.4 is 5.73 Å². The number of hydrogen-bond acceptors (Lipinski definition) is 3. The normalized spacial score (nSPS) is 9.09. The van der Waals surface area contributed by atoms with Gasteiger partial charge in [0.05, 0.1) is 18.1 Å². The van der Waals surface area contributed by atoms with E-state index in [4.69, 9.17) is 5.73 Å². The Morgan fingerprint density at radius 1 is 1.64 bits per heavy atom. The molecule has 0 unspecified atom stereocenters. The minimum absolute atomic E-state index is 0.155. The summed E-state index contributed by atoms with van der Waals surface area (Å²) >= 11 is 0. The van der Waals surface area contributed by atoms with Gasteiger partial charge in [0.15, 0.2) is 0 Å². The maximum absolute atomic E-state index is 10.6. The molecule has 0 saturated heterocycles. The average Bonchev–Trinajstić information content (AvgIpc) is 2.05. The van der Waals surface area contributed by atoms with Crippen LogP contribution in [0.15, 0.2) is 19.0 Å². The number of rotatable bonds is 2. The maximum atomic E-state index is 10.6. The van der Waals surface area contributed by atoms with Gasteiger partial charge in [0.25, 0.3) is 5.91 Å². The van der Waals surface area contributed by atoms with E-state index in [-0.39, 0.29) is 5.69 Å². The van der Waals surface area contributed by atoms with Gasteiger partial charge in [-0.3, -0.25) is 9.78 Å². The van der Waals surface area contributed by atoms with Crippen LogP contribution in [0.2, 0.25) is 0 Å². The Morgan fingerprint density at radius 2 is 2.36 bits per heavy atom. The first-order valence-electron chi connectivity index (χ1n) is 2.98. The van der Waals surface area contributed by atoms with Crippen LogP contribution in [-0.4, -0.2) is 15.9 Å². The van der Waals surface area contributed by atoms with Crippen molar-refractivity contribution in [3.8, 4) is 0 Å². The monoisotopic (exact) mass is 149 g/mol. The van der Waals surface area contributed by atoms with E-state index < -0.39 is 5.91 Å². The third-order valence-electron chi connectivity index (χ3n) is 1.11. The van der Waals surface area contributed by atoms with Gasteiger partial charge in [0.2, 0.25) is 0 Å². The molecule has 0 aromatic carbocycles. The molecule has 0 fully saturated rings. The number of hydrogen-bond donors (Lipinski definition) is 1. The van der Waals surface area contributed by atoms with Gasteiger partial charge in [0.1, 0.15) is 5.69 Å². The van der Waals surface area contributed by atoms with Gasteiger partial charge in [-0.2, -0.15) is 0 Å². The molecule has 0 spiro atoms. The van der Waals surface area contributed by atoms with Crippen molar-refractivity contribution in [2.75, 3.05) is 0 Å². The Labute approximate surface area is 63.8 Å². The van der Waals surface area contributed by atoms with E-state index in [1.807, 2.05) is 0 Å². The molecule has 4 heteroatoms. The van der Waals surface area contributed by atoms with E-state index in [2.05, 4.69) is 16.5 Å². The molecule has 0 aliphatic carbocycles. The zero-order chi connectivity index (χ0) is 8.27. The summed E-state index contributed by atoms with van der Waals surface area (Å²) in [5.41, 5.74) is 5.66. The molecule has 2 N–H and O–H groups in total. The lowest BCUT2D eigenvalue weighted by atomic mass is 10.4. The molecule has 0 radical (unpaired) electrons. The van der Waals surface area contributed by atoms with Gasteiger partial charge in [-0.15, -0.1) is 0 Å². The number of nitrogens with two attached hydrogens (primary N) is 1. The number of aromatic nitrogens is 2. The molecule has 1 aromatic rings. The summed E-state index contributed by atoms with van der Waals surface area (Å²) in [7, 11) is 0. The van der Waals surface area contributed by atoms with E-state index in [0.717, 1.165) is 0 Å². The molecular formula is C7H7N3O. The molecule has 11 heavy (non-hydrogen) atoms. The fourth-order valence-corrected chi connectivity index (χ4v) is 0.598. The van der Waals surface area contributed by atoms with Crippen LogP contribution in [0.25, 0.3) is 6.08 Å². The molecule has 1 aromatic heterocycles. The van der Waals surface area contributed by atoms with Gasteiger partial charge in [0, 0.05) is 0 Å². The van der Waals surface area contributed by atoms with Gasteiger partial charge in [-0.25, -0.2) is 4.98 Å². The molecule has 0 aliphatic rings. The quantitative estimate of drug-likeness (QED) is 0.653. The Balaban J connectivity index is 3.10. The van der Waals surface area contributed by atoms with E-state index >= 15 is 0 Å². The lowest BCUT2D eigenvalue weighted by Crippen LogP contribution is -2.13. The number of carbonyl (C=O) groups is 1. The maximum Gasteiger partial charge on any atom is 0.268 e. The van der Waals surface area contributed by atoms with Crippen molar-refractivity contribution < 1.29 is 4.79 Å². The molecule has 0 atom stereocenters. The first-order chi connectivity index (χ1) is 5.24. The Morgan fingerprint density at radius 3 is 2.91 bits per heavy atom. The van der Waals surface area contributed by atoms with Crippen LogP contribution in [-0.2, 0) is 0 Å². The highest BCUT2D eigenvalue weighted by molar-refractivity contribution is 5.90. The second-order valence-corrected chi connectivity index (χ2v) is 1.90. The lowest BCUT2D eigenvalue weighted by Gasteiger charge is -1.93. The summed E-state index contributed by atoms with van der Waals surface area (Å²) in [5, 5.41) is 0. The summed E-state index contributed by atoms with van der Waals surface area (Å²) in [4.78, 5) is 18.1. The summed E-state index contributed by atoms with van der Waals surface area (Å²) < 4.78 is 0. The third kappa shape index (κ3) is 1.61. The fourth-order valence-electron chi connectivity index (χ4n) is 0.598. The highest BCUT2D eigenvalue weighted by atomic mass is 16.1. The lowest BCUT2D eigenvalue weighted by molar-refractivity contribution is 0.0995. The molecule has 1 rings (SSSR count). The molecule has 0 aliphatic heterocycles. The van der Waals surface area contributed by atoms with Gasteiger partial charge in [-0.1, -0.05) is 6.58 Å². The van der Waals surface area contributed by atoms with Gasteiger partial charge in [-0.05, 0) is 6.08 Å². The van der Waals surface area contributed by atoms with Crippen LogP contribution in [0.3, 0.4) is 0 Å². The molecule has 4 nitrogen and oxygen atoms in total. The topological polar surface area (TPSA) is 68.9 Å². The molecule has 1 amide bonds. The van der Waals surface area contributed by atoms with Crippen LogP contribution >= 0.6 is 0 Å². The highest BCUT2D eigenvalue weighted by Gasteiger charge is 2.00. The van der Waals surface area contributed by atoms with E-state index in [1.165, 1.54) is 18.5 Å². The summed E-state index contributed by atoms with van der Waals surface area (Å²) in [6.45, 7) is 3.48. The van der Waals surface area contributed by atoms with Crippen molar-refractivity contribution in [2.24, 2.45) is 5.73 Å². The minimum Gasteiger partial charge on any atom is -0.364 e. The zero-order valence-corrected chi connectivity index (χ0v) is 5.82. The van der Waals surface area contributed by atoms with Crippen molar-refractivity contribution in [1.82, 2.24) is 9.97 Å². The number of primary amides is 1. The number of carbonyl (C=O) groups excluding carboxylic acids is 1. The largest absolute Gasteiger partial charge is 0.364 e. The second kappa shape index (κ2) is 2.92. The highest BCUT2D eigenvalue weighted by Crippen LogP contribution is 1.95. The standard InChI is InChI=1S/C7H7N3O/c1-2-5-3-9-4-6(10-5)7(8)11/h2-4H,1H2,(H2,8,11). The molecule has 56 valence electrons. The Kier molecular flexibility index (Phi) is 1.96. The third-order valence-corrected chi connectivity index (χ3v) is 1.11.